The molecule has 0 bridgehead atoms. The van der Waals surface area contributed by atoms with Gasteiger partial charge in [0, 0.05) is 21.6 Å². The zero-order valence-electron chi connectivity index (χ0n) is 10.4. The molecule has 0 aliphatic rings. The van der Waals surface area contributed by atoms with E-state index in [1.165, 1.54) is 0 Å². The Labute approximate surface area is 125 Å². The number of hydrogen-bond donors (Lipinski definition) is 1. The Hall–Kier alpha value is -1.32. The zero-order valence-corrected chi connectivity index (χ0v) is 12.8. The molecule has 98 valence electrons. The fourth-order valence-corrected chi connectivity index (χ4v) is 2.32. The molecule has 1 N–H and O–H groups in total. The lowest BCUT2D eigenvalue weighted by Crippen LogP contribution is -2.13. The van der Waals surface area contributed by atoms with Crippen LogP contribution in [0.2, 0.25) is 0 Å². The average Bonchev–Trinajstić information content (AvgIpc) is 2.42. The van der Waals surface area contributed by atoms with Crippen molar-refractivity contribution >= 4 is 39.1 Å². The maximum Gasteiger partial charge on any atom is 0.255 e. The molecular weight excluding hydrogens is 326 g/mol. The standard InChI is InChI=1S/C15H13BrClNO/c1-10-13(6-3-7-14(10)16)15(19)18-12-5-2-4-11(8-12)9-17/h2-8H,9H2,1H3,(H,18,19). The highest BCUT2D eigenvalue weighted by Gasteiger charge is 2.10. The second-order valence-electron chi connectivity index (χ2n) is 4.20. The Balaban J connectivity index is 2.23. The van der Waals surface area contributed by atoms with E-state index in [-0.39, 0.29) is 5.91 Å². The third-order valence-corrected chi connectivity index (χ3v) is 4.02. The average molecular weight is 339 g/mol. The lowest BCUT2D eigenvalue weighted by atomic mass is 10.1. The van der Waals surface area contributed by atoms with E-state index >= 15 is 0 Å². The highest BCUT2D eigenvalue weighted by atomic mass is 79.9. The van der Waals surface area contributed by atoms with Gasteiger partial charge in [0.2, 0.25) is 0 Å². The van der Waals surface area contributed by atoms with Crippen LogP contribution in [-0.4, -0.2) is 5.91 Å². The van der Waals surface area contributed by atoms with Gasteiger partial charge >= 0.3 is 0 Å². The summed E-state index contributed by atoms with van der Waals surface area (Å²) in [5.41, 5.74) is 3.31. The molecule has 2 aromatic carbocycles. The van der Waals surface area contributed by atoms with Gasteiger partial charge in [0.05, 0.1) is 0 Å². The number of amides is 1. The number of carbonyl (C=O) groups excluding carboxylic acids is 1. The minimum atomic E-state index is -0.120. The van der Waals surface area contributed by atoms with Crippen LogP contribution in [0.1, 0.15) is 21.5 Å². The summed E-state index contributed by atoms with van der Waals surface area (Å²) in [5.74, 6) is 0.310. The second-order valence-corrected chi connectivity index (χ2v) is 5.32. The van der Waals surface area contributed by atoms with Crippen molar-refractivity contribution < 1.29 is 4.79 Å². The number of halogens is 2. The molecule has 0 fully saturated rings. The van der Waals surface area contributed by atoms with Crippen molar-refractivity contribution in [2.24, 2.45) is 0 Å². The number of benzene rings is 2. The van der Waals surface area contributed by atoms with Crippen LogP contribution in [0, 0.1) is 6.92 Å². The highest BCUT2D eigenvalue weighted by molar-refractivity contribution is 9.10. The molecule has 1 amide bonds. The lowest BCUT2D eigenvalue weighted by Gasteiger charge is -2.09. The Kier molecular flexibility index (Phi) is 4.61. The number of alkyl halides is 1. The van der Waals surface area contributed by atoms with E-state index < -0.39 is 0 Å². The van der Waals surface area contributed by atoms with Gasteiger partial charge in [-0.1, -0.05) is 34.1 Å². The van der Waals surface area contributed by atoms with Gasteiger partial charge in [0.1, 0.15) is 0 Å². The summed E-state index contributed by atoms with van der Waals surface area (Å²) >= 11 is 9.20. The molecule has 2 aromatic rings. The molecule has 2 nitrogen and oxygen atoms in total. The molecule has 2 rings (SSSR count). The molecule has 0 saturated carbocycles. The normalized spacial score (nSPS) is 10.3. The summed E-state index contributed by atoms with van der Waals surface area (Å²) in [6.07, 6.45) is 0. The first-order valence-corrected chi connectivity index (χ1v) is 7.16. The molecule has 0 saturated heterocycles. The van der Waals surface area contributed by atoms with Crippen molar-refractivity contribution in [3.05, 3.63) is 63.6 Å². The zero-order chi connectivity index (χ0) is 13.8. The molecule has 0 radical (unpaired) electrons. The third kappa shape index (κ3) is 3.37. The van der Waals surface area contributed by atoms with Crippen LogP contribution in [-0.2, 0) is 5.88 Å². The van der Waals surface area contributed by atoms with Gasteiger partial charge in [-0.25, -0.2) is 0 Å². The number of hydrogen-bond acceptors (Lipinski definition) is 1. The van der Waals surface area contributed by atoms with E-state index in [9.17, 15) is 4.79 Å². The van der Waals surface area contributed by atoms with Gasteiger partial charge in [-0.05, 0) is 42.3 Å². The molecule has 0 aromatic heterocycles. The van der Waals surface area contributed by atoms with Crippen molar-refractivity contribution in [3.63, 3.8) is 0 Å². The van der Waals surface area contributed by atoms with E-state index in [1.54, 1.807) is 6.07 Å². The molecule has 0 unspecified atom stereocenters. The van der Waals surface area contributed by atoms with Crippen molar-refractivity contribution in [1.29, 1.82) is 0 Å². The van der Waals surface area contributed by atoms with E-state index in [2.05, 4.69) is 21.2 Å². The molecule has 0 atom stereocenters. The Bertz CT molecular complexity index is 613. The number of carbonyl (C=O) groups is 1. The minimum Gasteiger partial charge on any atom is -0.322 e. The molecular formula is C15H13BrClNO. The summed E-state index contributed by atoms with van der Waals surface area (Å²) in [6.45, 7) is 1.91. The van der Waals surface area contributed by atoms with Crippen molar-refractivity contribution in [1.82, 2.24) is 0 Å². The van der Waals surface area contributed by atoms with Crippen LogP contribution >= 0.6 is 27.5 Å². The first-order chi connectivity index (χ1) is 9.11. The number of nitrogens with one attached hydrogen (secondary N) is 1. The third-order valence-electron chi connectivity index (χ3n) is 2.85. The van der Waals surface area contributed by atoms with Gasteiger partial charge in [0.15, 0.2) is 0 Å². The molecule has 0 heterocycles. The van der Waals surface area contributed by atoms with Gasteiger partial charge in [0.25, 0.3) is 5.91 Å². The molecule has 19 heavy (non-hydrogen) atoms. The van der Waals surface area contributed by atoms with E-state index in [1.807, 2.05) is 43.3 Å². The van der Waals surface area contributed by atoms with Gasteiger partial charge in [-0.3, -0.25) is 4.79 Å². The maximum atomic E-state index is 12.2. The summed E-state index contributed by atoms with van der Waals surface area (Å²) in [6, 6.07) is 13.1. The van der Waals surface area contributed by atoms with Crippen LogP contribution in [0.5, 0.6) is 0 Å². The van der Waals surface area contributed by atoms with Crippen LogP contribution < -0.4 is 5.32 Å². The first kappa shape index (κ1) is 14.1. The number of anilines is 1. The molecule has 0 spiro atoms. The van der Waals surface area contributed by atoms with Crippen LogP contribution in [0.4, 0.5) is 5.69 Å². The summed E-state index contributed by atoms with van der Waals surface area (Å²) < 4.78 is 0.926. The summed E-state index contributed by atoms with van der Waals surface area (Å²) in [4.78, 5) is 12.2. The first-order valence-electron chi connectivity index (χ1n) is 5.83. The monoisotopic (exact) mass is 337 g/mol. The van der Waals surface area contributed by atoms with E-state index in [0.717, 1.165) is 21.3 Å². The van der Waals surface area contributed by atoms with Crippen molar-refractivity contribution in [2.45, 2.75) is 12.8 Å². The van der Waals surface area contributed by atoms with Crippen LogP contribution in [0.15, 0.2) is 46.9 Å². The van der Waals surface area contributed by atoms with Crippen LogP contribution in [0.3, 0.4) is 0 Å². The minimum absolute atomic E-state index is 0.120. The quantitative estimate of drug-likeness (QED) is 0.804. The van der Waals surface area contributed by atoms with E-state index in [4.69, 9.17) is 11.6 Å². The lowest BCUT2D eigenvalue weighted by molar-refractivity contribution is 0.102. The van der Waals surface area contributed by atoms with Crippen molar-refractivity contribution in [3.8, 4) is 0 Å². The molecule has 0 aliphatic carbocycles. The largest absolute Gasteiger partial charge is 0.322 e. The highest BCUT2D eigenvalue weighted by Crippen LogP contribution is 2.21. The Morgan fingerprint density at radius 2 is 2.00 bits per heavy atom. The van der Waals surface area contributed by atoms with Gasteiger partial charge in [-0.15, -0.1) is 11.6 Å². The molecule has 0 aliphatic heterocycles. The Morgan fingerprint density at radius 1 is 1.26 bits per heavy atom. The van der Waals surface area contributed by atoms with E-state index in [0.29, 0.717) is 11.4 Å². The molecule has 4 heteroatoms. The van der Waals surface area contributed by atoms with Crippen molar-refractivity contribution in [2.75, 3.05) is 5.32 Å². The smallest absolute Gasteiger partial charge is 0.255 e. The maximum absolute atomic E-state index is 12.2. The summed E-state index contributed by atoms with van der Waals surface area (Å²) in [7, 11) is 0. The predicted octanol–water partition coefficient (Wildman–Crippen LogP) is 4.75. The second kappa shape index (κ2) is 6.22. The van der Waals surface area contributed by atoms with Gasteiger partial charge in [-0.2, -0.15) is 0 Å². The summed E-state index contributed by atoms with van der Waals surface area (Å²) in [5, 5.41) is 2.88. The Morgan fingerprint density at radius 3 is 2.74 bits per heavy atom. The fraction of sp³-hybridized carbons (Fsp3) is 0.133. The SMILES string of the molecule is Cc1c(Br)cccc1C(=O)Nc1cccc(CCl)c1. The topological polar surface area (TPSA) is 29.1 Å². The predicted molar refractivity (Wildman–Crippen MR) is 82.8 cm³/mol. The number of rotatable bonds is 3. The van der Waals surface area contributed by atoms with Crippen LogP contribution in [0.25, 0.3) is 0 Å². The fourth-order valence-electron chi connectivity index (χ4n) is 1.78. The van der Waals surface area contributed by atoms with Gasteiger partial charge < -0.3 is 5.32 Å².